The summed E-state index contributed by atoms with van der Waals surface area (Å²) in [6.07, 6.45) is 6.14. The first kappa shape index (κ1) is 13.6. The minimum Gasteiger partial charge on any atom is -0.476 e. The Kier molecular flexibility index (Phi) is 3.07. The van der Waals surface area contributed by atoms with Gasteiger partial charge in [0.05, 0.1) is 5.69 Å². The number of aromatic nitrogens is 2. The highest BCUT2D eigenvalue weighted by molar-refractivity contribution is 5.87. The smallest absolute Gasteiger partial charge is 0.356 e. The summed E-state index contributed by atoms with van der Waals surface area (Å²) in [5.74, 6) is -0.340. The summed E-state index contributed by atoms with van der Waals surface area (Å²) in [6.45, 7) is 3.95. The lowest BCUT2D eigenvalue weighted by molar-refractivity contribution is 0.0691. The van der Waals surface area contributed by atoms with Crippen LogP contribution in [0.15, 0.2) is 18.5 Å². The summed E-state index contributed by atoms with van der Waals surface area (Å²) in [4.78, 5) is 20.2. The summed E-state index contributed by atoms with van der Waals surface area (Å²) in [7, 11) is 2.13. The molecule has 2 fully saturated rings. The molecule has 0 atom stereocenters. The molecule has 1 saturated carbocycles. The second kappa shape index (κ2) is 4.98. The zero-order valence-electron chi connectivity index (χ0n) is 12.7. The van der Waals surface area contributed by atoms with Gasteiger partial charge in [-0.2, -0.15) is 0 Å². The Morgan fingerprint density at radius 3 is 2.59 bits per heavy atom. The number of fused-ring (bicyclic) bond motifs is 1. The lowest BCUT2D eigenvalue weighted by atomic mass is 10.1. The molecule has 2 aromatic rings. The maximum atomic E-state index is 11.2. The molecule has 6 heteroatoms. The maximum Gasteiger partial charge on any atom is 0.356 e. The van der Waals surface area contributed by atoms with Crippen molar-refractivity contribution in [3.8, 4) is 0 Å². The van der Waals surface area contributed by atoms with E-state index in [1.807, 2.05) is 10.6 Å². The number of hydrogen-bond donors (Lipinski definition) is 1. The molecule has 2 aliphatic rings. The van der Waals surface area contributed by atoms with Crippen LogP contribution in [0.3, 0.4) is 0 Å². The number of hydrogen-bond acceptors (Lipinski definition) is 4. The SMILES string of the molecule is CN1CCN(c2cc(C3CC3)cn3cc(C(=O)O)nc23)CC1. The molecular formula is C16H20N4O2. The molecule has 1 aliphatic heterocycles. The van der Waals surface area contributed by atoms with Crippen LogP contribution in [0.4, 0.5) is 5.69 Å². The Morgan fingerprint density at radius 1 is 1.23 bits per heavy atom. The van der Waals surface area contributed by atoms with Gasteiger partial charge in [0.2, 0.25) is 0 Å². The number of carboxylic acids is 1. The molecule has 22 heavy (non-hydrogen) atoms. The average Bonchev–Trinajstić information content (AvgIpc) is 3.26. The van der Waals surface area contributed by atoms with E-state index in [0.29, 0.717) is 5.92 Å². The van der Waals surface area contributed by atoms with Crippen molar-refractivity contribution in [2.45, 2.75) is 18.8 Å². The molecule has 2 aromatic heterocycles. The molecule has 0 spiro atoms. The Morgan fingerprint density at radius 2 is 1.95 bits per heavy atom. The zero-order chi connectivity index (χ0) is 15.3. The normalized spacial score (nSPS) is 19.8. The number of rotatable bonds is 3. The van der Waals surface area contributed by atoms with Crippen LogP contribution >= 0.6 is 0 Å². The van der Waals surface area contributed by atoms with Crippen LogP contribution in [0.25, 0.3) is 5.65 Å². The number of carboxylic acid groups (broad SMARTS) is 1. The summed E-state index contributed by atoms with van der Waals surface area (Å²) in [5.41, 5.74) is 3.25. The number of imidazole rings is 1. The van der Waals surface area contributed by atoms with Gasteiger partial charge < -0.3 is 19.3 Å². The molecule has 1 N–H and O–H groups in total. The Labute approximate surface area is 129 Å². The van der Waals surface area contributed by atoms with Gasteiger partial charge in [-0.05, 0) is 37.4 Å². The van der Waals surface area contributed by atoms with Crippen molar-refractivity contribution < 1.29 is 9.90 Å². The number of anilines is 1. The van der Waals surface area contributed by atoms with Crippen molar-refractivity contribution in [1.82, 2.24) is 14.3 Å². The van der Waals surface area contributed by atoms with Crippen LogP contribution in [-0.2, 0) is 0 Å². The van der Waals surface area contributed by atoms with E-state index in [-0.39, 0.29) is 5.69 Å². The molecule has 116 valence electrons. The number of nitrogens with zero attached hydrogens (tertiary/aromatic N) is 4. The third kappa shape index (κ3) is 2.33. The highest BCUT2D eigenvalue weighted by Gasteiger charge is 2.27. The van der Waals surface area contributed by atoms with Gasteiger partial charge in [0.1, 0.15) is 0 Å². The summed E-state index contributed by atoms with van der Waals surface area (Å²) in [5, 5.41) is 9.22. The van der Waals surface area contributed by atoms with Crippen molar-refractivity contribution in [3.63, 3.8) is 0 Å². The van der Waals surface area contributed by atoms with Gasteiger partial charge in [-0.1, -0.05) is 0 Å². The van der Waals surface area contributed by atoms with E-state index in [9.17, 15) is 9.90 Å². The molecule has 1 saturated heterocycles. The average molecular weight is 300 g/mol. The minimum absolute atomic E-state index is 0.114. The summed E-state index contributed by atoms with van der Waals surface area (Å²) < 4.78 is 1.89. The van der Waals surface area contributed by atoms with E-state index in [0.717, 1.165) is 37.5 Å². The molecule has 4 rings (SSSR count). The zero-order valence-corrected chi connectivity index (χ0v) is 12.7. The summed E-state index contributed by atoms with van der Waals surface area (Å²) in [6, 6.07) is 2.22. The predicted molar refractivity (Wildman–Crippen MR) is 83.8 cm³/mol. The van der Waals surface area contributed by atoms with Gasteiger partial charge in [0.25, 0.3) is 0 Å². The Hall–Kier alpha value is -2.08. The molecule has 0 bridgehead atoms. The largest absolute Gasteiger partial charge is 0.476 e. The standard InChI is InChI=1S/C16H20N4O2/c1-18-4-6-19(7-5-18)14-8-12(11-2-3-11)9-20-10-13(16(21)22)17-15(14)20/h8-11H,2-7H2,1H3,(H,21,22). The van der Waals surface area contributed by atoms with Gasteiger partial charge in [0.15, 0.2) is 11.3 Å². The highest BCUT2D eigenvalue weighted by atomic mass is 16.4. The first-order valence-corrected chi connectivity index (χ1v) is 7.81. The fraction of sp³-hybridized carbons (Fsp3) is 0.500. The molecule has 0 unspecified atom stereocenters. The van der Waals surface area contributed by atoms with Gasteiger partial charge >= 0.3 is 5.97 Å². The fourth-order valence-electron chi connectivity index (χ4n) is 3.12. The van der Waals surface area contributed by atoms with Crippen molar-refractivity contribution in [3.05, 3.63) is 29.7 Å². The molecule has 3 heterocycles. The molecular weight excluding hydrogens is 280 g/mol. The van der Waals surface area contributed by atoms with Crippen molar-refractivity contribution >= 4 is 17.3 Å². The molecule has 1 aliphatic carbocycles. The van der Waals surface area contributed by atoms with Crippen LogP contribution in [0, 0.1) is 0 Å². The minimum atomic E-state index is -0.971. The monoisotopic (exact) mass is 300 g/mol. The number of carbonyl (C=O) groups is 1. The first-order valence-electron chi connectivity index (χ1n) is 7.81. The Balaban J connectivity index is 1.81. The number of likely N-dealkylation sites (N-methyl/N-ethyl adjacent to an activating group) is 1. The topological polar surface area (TPSA) is 61.1 Å². The first-order chi connectivity index (χ1) is 10.6. The van der Waals surface area contributed by atoms with Gasteiger partial charge in [0, 0.05) is 38.6 Å². The lowest BCUT2D eigenvalue weighted by Crippen LogP contribution is -2.44. The number of aromatic carboxylic acids is 1. The van der Waals surface area contributed by atoms with E-state index in [4.69, 9.17) is 0 Å². The maximum absolute atomic E-state index is 11.2. The van der Waals surface area contributed by atoms with Gasteiger partial charge in [-0.3, -0.25) is 0 Å². The quantitative estimate of drug-likeness (QED) is 0.934. The fourth-order valence-corrected chi connectivity index (χ4v) is 3.12. The number of piperazine rings is 1. The van der Waals surface area contributed by atoms with Crippen LogP contribution in [0.1, 0.15) is 34.8 Å². The molecule has 6 nitrogen and oxygen atoms in total. The second-order valence-electron chi connectivity index (χ2n) is 6.39. The lowest BCUT2D eigenvalue weighted by Gasteiger charge is -2.34. The van der Waals surface area contributed by atoms with E-state index in [1.54, 1.807) is 6.20 Å². The summed E-state index contributed by atoms with van der Waals surface area (Å²) >= 11 is 0. The van der Waals surface area contributed by atoms with E-state index < -0.39 is 5.97 Å². The van der Waals surface area contributed by atoms with Crippen LogP contribution in [0.2, 0.25) is 0 Å². The van der Waals surface area contributed by atoms with Crippen LogP contribution in [-0.4, -0.2) is 58.6 Å². The van der Waals surface area contributed by atoms with Crippen molar-refractivity contribution in [1.29, 1.82) is 0 Å². The van der Waals surface area contributed by atoms with Gasteiger partial charge in [-0.25, -0.2) is 9.78 Å². The van der Waals surface area contributed by atoms with Crippen molar-refractivity contribution in [2.24, 2.45) is 0 Å². The third-order valence-electron chi connectivity index (χ3n) is 4.66. The van der Waals surface area contributed by atoms with E-state index >= 15 is 0 Å². The highest BCUT2D eigenvalue weighted by Crippen LogP contribution is 2.41. The van der Waals surface area contributed by atoms with Crippen LogP contribution < -0.4 is 4.90 Å². The van der Waals surface area contributed by atoms with E-state index in [1.165, 1.54) is 18.4 Å². The number of pyridine rings is 1. The predicted octanol–water partition coefficient (Wildman–Crippen LogP) is 1.66. The van der Waals surface area contributed by atoms with Crippen LogP contribution in [0.5, 0.6) is 0 Å². The van der Waals surface area contributed by atoms with Gasteiger partial charge in [-0.15, -0.1) is 0 Å². The second-order valence-corrected chi connectivity index (χ2v) is 6.39. The molecule has 0 amide bonds. The molecule has 0 aromatic carbocycles. The Bertz CT molecular complexity index is 727. The third-order valence-corrected chi connectivity index (χ3v) is 4.66. The van der Waals surface area contributed by atoms with E-state index in [2.05, 4.69) is 27.9 Å². The molecule has 0 radical (unpaired) electrons. The van der Waals surface area contributed by atoms with Crippen molar-refractivity contribution in [2.75, 3.05) is 38.1 Å².